The van der Waals surface area contributed by atoms with E-state index in [1.165, 1.54) is 6.07 Å². The Morgan fingerprint density at radius 1 is 1.35 bits per heavy atom. The fourth-order valence-corrected chi connectivity index (χ4v) is 3.51. The van der Waals surface area contributed by atoms with Gasteiger partial charge in [0.15, 0.2) is 11.8 Å². The van der Waals surface area contributed by atoms with Crippen LogP contribution in [-0.4, -0.2) is 60.1 Å². The van der Waals surface area contributed by atoms with E-state index >= 15 is 0 Å². The summed E-state index contributed by atoms with van der Waals surface area (Å²) in [7, 11) is 3.64. The van der Waals surface area contributed by atoms with E-state index in [1.54, 1.807) is 19.2 Å². The highest BCUT2D eigenvalue weighted by Gasteiger charge is 2.21. The number of nitrogens with zero attached hydrogens (tertiary/aromatic N) is 5. The van der Waals surface area contributed by atoms with Gasteiger partial charge in [-0.1, -0.05) is 6.07 Å². The first-order chi connectivity index (χ1) is 14.6. The number of ether oxygens (including phenoxy) is 1. The van der Waals surface area contributed by atoms with E-state index in [0.29, 0.717) is 13.2 Å². The molecule has 1 aromatic carbocycles. The number of aryl methyl sites for hydroxylation is 1. The van der Waals surface area contributed by atoms with Crippen LogP contribution in [-0.2, 0) is 18.3 Å². The van der Waals surface area contributed by atoms with E-state index in [9.17, 15) is 4.39 Å². The first-order valence-electron chi connectivity index (χ1n) is 10.5. The van der Waals surface area contributed by atoms with E-state index in [2.05, 4.69) is 25.7 Å². The number of anilines is 1. The minimum Gasteiger partial charge on any atom is -0.385 e. The van der Waals surface area contributed by atoms with E-state index in [0.717, 1.165) is 62.2 Å². The summed E-state index contributed by atoms with van der Waals surface area (Å²) in [6.45, 7) is 5.54. The van der Waals surface area contributed by atoms with Gasteiger partial charge in [-0.25, -0.2) is 9.38 Å². The van der Waals surface area contributed by atoms with Gasteiger partial charge in [-0.3, -0.25) is 0 Å². The van der Waals surface area contributed by atoms with Crippen molar-refractivity contribution in [3.05, 3.63) is 41.7 Å². The smallest absolute Gasteiger partial charge is 0.191 e. The number of aliphatic imine (C=N–C) groups is 1. The van der Waals surface area contributed by atoms with Gasteiger partial charge in [-0.05, 0) is 44.4 Å². The molecule has 2 heterocycles. The molecule has 172 valence electrons. The van der Waals surface area contributed by atoms with Crippen LogP contribution in [0.4, 0.5) is 10.1 Å². The summed E-state index contributed by atoms with van der Waals surface area (Å²) >= 11 is 0. The van der Waals surface area contributed by atoms with Crippen LogP contribution in [0.5, 0.6) is 0 Å². The van der Waals surface area contributed by atoms with Crippen LogP contribution in [0.2, 0.25) is 0 Å². The molecular weight excluding hydrogens is 512 g/mol. The minimum absolute atomic E-state index is 0. The topological polar surface area (TPSA) is 79.6 Å². The molecule has 0 radical (unpaired) electrons. The number of nitrogens with one attached hydrogen (secondary N) is 2. The van der Waals surface area contributed by atoms with Gasteiger partial charge in [-0.15, -0.1) is 34.2 Å². The van der Waals surface area contributed by atoms with Crippen LogP contribution in [0.1, 0.15) is 30.9 Å². The molecule has 0 bridgehead atoms. The number of rotatable bonds is 8. The molecule has 8 nitrogen and oxygen atoms in total. The molecule has 0 spiro atoms. The second-order valence-electron chi connectivity index (χ2n) is 7.57. The van der Waals surface area contributed by atoms with Crippen LogP contribution in [0.3, 0.4) is 0 Å². The number of halogens is 2. The van der Waals surface area contributed by atoms with Crippen LogP contribution < -0.4 is 15.5 Å². The summed E-state index contributed by atoms with van der Waals surface area (Å²) in [5, 5.41) is 15.2. The van der Waals surface area contributed by atoms with Gasteiger partial charge < -0.3 is 24.8 Å². The second-order valence-corrected chi connectivity index (χ2v) is 7.57. The molecule has 1 aliphatic rings. The number of aromatic nitrogens is 3. The predicted octanol–water partition coefficient (Wildman–Crippen LogP) is 2.62. The first kappa shape index (κ1) is 25.3. The predicted molar refractivity (Wildman–Crippen MR) is 132 cm³/mol. The van der Waals surface area contributed by atoms with Gasteiger partial charge >= 0.3 is 0 Å². The van der Waals surface area contributed by atoms with Crippen LogP contribution in [0, 0.1) is 12.7 Å². The summed E-state index contributed by atoms with van der Waals surface area (Å²) in [4.78, 5) is 6.94. The van der Waals surface area contributed by atoms with Crippen LogP contribution in [0.25, 0.3) is 0 Å². The molecule has 3 rings (SSSR count). The van der Waals surface area contributed by atoms with Gasteiger partial charge in [0.25, 0.3) is 0 Å². The van der Waals surface area contributed by atoms with Crippen molar-refractivity contribution in [1.82, 2.24) is 25.4 Å². The third-order valence-electron chi connectivity index (χ3n) is 5.31. The van der Waals surface area contributed by atoms with Crippen LogP contribution in [0.15, 0.2) is 29.3 Å². The zero-order valence-corrected chi connectivity index (χ0v) is 20.8. The number of piperidine rings is 1. The molecular formula is C21H33FIN7O. The van der Waals surface area contributed by atoms with E-state index in [1.807, 2.05) is 24.6 Å². The number of guanidine groups is 1. The Labute approximate surface area is 200 Å². The van der Waals surface area contributed by atoms with Crippen molar-refractivity contribution < 1.29 is 9.13 Å². The molecule has 0 saturated carbocycles. The molecule has 2 N–H and O–H groups in total. The number of hydrogen-bond acceptors (Lipinski definition) is 5. The molecule has 2 aromatic rings. The summed E-state index contributed by atoms with van der Waals surface area (Å²) < 4.78 is 20.7. The molecule has 10 heteroatoms. The molecule has 0 amide bonds. The first-order valence-corrected chi connectivity index (χ1v) is 10.5. The highest BCUT2D eigenvalue weighted by Crippen LogP contribution is 2.20. The maximum atomic E-state index is 13.6. The average Bonchev–Trinajstić information content (AvgIpc) is 3.07. The molecule has 1 fully saturated rings. The molecule has 1 saturated heterocycles. The minimum atomic E-state index is -0.205. The standard InChI is InChI=1S/C21H32FN7O.HI/c1-16-26-27-20(28(16)2)14-24-21(23-10-6-12-30-3)25-18-8-5-11-29(15-18)19-9-4-7-17(22)13-19;/h4,7,9,13,18H,5-6,8,10-12,14-15H2,1-3H3,(H2,23,24,25);1H. The molecule has 31 heavy (non-hydrogen) atoms. The fraction of sp³-hybridized carbons (Fsp3) is 0.571. The van der Waals surface area contributed by atoms with E-state index in [4.69, 9.17) is 9.73 Å². The lowest BCUT2D eigenvalue weighted by Gasteiger charge is -2.35. The number of hydrogen-bond donors (Lipinski definition) is 2. The van der Waals surface area contributed by atoms with Crippen molar-refractivity contribution in [2.45, 2.75) is 38.8 Å². The fourth-order valence-electron chi connectivity index (χ4n) is 3.51. The SMILES string of the molecule is COCCCNC(=NCc1nnc(C)n1C)NC1CCCN(c2cccc(F)c2)C1.I. The highest BCUT2D eigenvalue weighted by atomic mass is 127. The van der Waals surface area contributed by atoms with Crippen molar-refractivity contribution >= 4 is 35.6 Å². The van der Waals surface area contributed by atoms with Gasteiger partial charge in [0.05, 0.1) is 0 Å². The second kappa shape index (κ2) is 12.8. The summed E-state index contributed by atoms with van der Waals surface area (Å²) in [6, 6.07) is 7.01. The Morgan fingerprint density at radius 3 is 2.90 bits per heavy atom. The lowest BCUT2D eigenvalue weighted by Crippen LogP contribution is -2.51. The Balaban J connectivity index is 0.00000341. The molecule has 1 atom stereocenters. The molecule has 1 aromatic heterocycles. The largest absolute Gasteiger partial charge is 0.385 e. The molecule has 0 aliphatic carbocycles. The third kappa shape index (κ3) is 7.60. The Bertz CT molecular complexity index is 845. The molecule has 1 aliphatic heterocycles. The normalized spacial score (nSPS) is 16.7. The zero-order valence-electron chi connectivity index (χ0n) is 18.5. The van der Waals surface area contributed by atoms with E-state index < -0.39 is 0 Å². The Morgan fingerprint density at radius 2 is 2.19 bits per heavy atom. The van der Waals surface area contributed by atoms with Crippen molar-refractivity contribution in [1.29, 1.82) is 0 Å². The van der Waals surface area contributed by atoms with Crippen molar-refractivity contribution in [2.75, 3.05) is 38.3 Å². The maximum absolute atomic E-state index is 13.6. The quantitative estimate of drug-likeness (QED) is 0.230. The lowest BCUT2D eigenvalue weighted by atomic mass is 10.0. The van der Waals surface area contributed by atoms with Gasteiger partial charge in [0.1, 0.15) is 18.2 Å². The lowest BCUT2D eigenvalue weighted by molar-refractivity contribution is 0.195. The highest BCUT2D eigenvalue weighted by molar-refractivity contribution is 14.0. The Kier molecular flexibility index (Phi) is 10.4. The van der Waals surface area contributed by atoms with E-state index in [-0.39, 0.29) is 35.8 Å². The summed E-state index contributed by atoms with van der Waals surface area (Å²) in [5.74, 6) is 2.22. The molecule has 1 unspecified atom stereocenters. The maximum Gasteiger partial charge on any atom is 0.191 e. The average molecular weight is 545 g/mol. The van der Waals surface area contributed by atoms with Crippen molar-refractivity contribution in [3.63, 3.8) is 0 Å². The van der Waals surface area contributed by atoms with Crippen LogP contribution >= 0.6 is 24.0 Å². The zero-order chi connectivity index (χ0) is 21.3. The van der Waals surface area contributed by atoms with Gasteiger partial charge in [0.2, 0.25) is 0 Å². The Hall–Kier alpha value is -1.95. The number of benzene rings is 1. The van der Waals surface area contributed by atoms with Crippen molar-refractivity contribution in [3.8, 4) is 0 Å². The van der Waals surface area contributed by atoms with Crippen molar-refractivity contribution in [2.24, 2.45) is 12.0 Å². The van der Waals surface area contributed by atoms with Gasteiger partial charge in [0, 0.05) is 52.1 Å². The summed E-state index contributed by atoms with van der Waals surface area (Å²) in [5.41, 5.74) is 0.919. The monoisotopic (exact) mass is 545 g/mol. The van der Waals surface area contributed by atoms with Gasteiger partial charge in [-0.2, -0.15) is 0 Å². The summed E-state index contributed by atoms with van der Waals surface area (Å²) in [6.07, 6.45) is 2.96. The number of methoxy groups -OCH3 is 1. The third-order valence-corrected chi connectivity index (χ3v) is 5.31.